The molecule has 2 N–H and O–H groups in total. The van der Waals surface area contributed by atoms with Gasteiger partial charge in [0.1, 0.15) is 0 Å². The molecule has 19 heavy (non-hydrogen) atoms. The second-order valence-corrected chi connectivity index (χ2v) is 7.56. The number of halogens is 1. The zero-order chi connectivity index (χ0) is 14.5. The topological polar surface area (TPSA) is 84.5 Å². The molecule has 0 saturated heterocycles. The summed E-state index contributed by atoms with van der Waals surface area (Å²) in [7, 11) is -3.88. The van der Waals surface area contributed by atoms with Crippen LogP contribution >= 0.6 is 15.9 Å². The summed E-state index contributed by atoms with van der Waals surface area (Å²) in [5.41, 5.74) is 0. The molecule has 2 unspecified atom stereocenters. The molecule has 1 amide bonds. The maximum absolute atomic E-state index is 11.8. The standard InChI is InChI=1S/C11H21BrN2O4S/c1-8(2)18-11(15)14-19(16,17)13-10-7-5-3-4-6-9(10)12/h8-10,13H,3-7H2,1-2H3,(H,14,15). The molecule has 0 radical (unpaired) electrons. The Balaban J connectivity index is 2.55. The molecular weight excluding hydrogens is 336 g/mol. The van der Waals surface area contributed by atoms with E-state index in [9.17, 15) is 13.2 Å². The lowest BCUT2D eigenvalue weighted by molar-refractivity contribution is 0.121. The van der Waals surface area contributed by atoms with Crippen molar-refractivity contribution >= 4 is 32.2 Å². The van der Waals surface area contributed by atoms with Gasteiger partial charge in [0.15, 0.2) is 0 Å². The van der Waals surface area contributed by atoms with Gasteiger partial charge in [-0.3, -0.25) is 0 Å². The minimum Gasteiger partial charge on any atom is -0.446 e. The van der Waals surface area contributed by atoms with Crippen molar-refractivity contribution in [2.24, 2.45) is 0 Å². The Bertz CT molecular complexity index is 399. The molecule has 1 aliphatic rings. The van der Waals surface area contributed by atoms with Crippen molar-refractivity contribution < 1.29 is 17.9 Å². The number of carbonyl (C=O) groups is 1. The third-order valence-corrected chi connectivity index (χ3v) is 4.94. The molecule has 1 aliphatic carbocycles. The number of ether oxygens (including phenoxy) is 1. The van der Waals surface area contributed by atoms with E-state index in [-0.39, 0.29) is 17.0 Å². The summed E-state index contributed by atoms with van der Waals surface area (Å²) in [6.45, 7) is 3.30. The number of rotatable bonds is 4. The van der Waals surface area contributed by atoms with Crippen LogP contribution in [0.5, 0.6) is 0 Å². The van der Waals surface area contributed by atoms with Crippen LogP contribution in [0.15, 0.2) is 0 Å². The number of alkyl halides is 1. The van der Waals surface area contributed by atoms with Gasteiger partial charge in [0, 0.05) is 10.9 Å². The van der Waals surface area contributed by atoms with Crippen LogP contribution in [0.2, 0.25) is 0 Å². The normalized spacial score (nSPS) is 24.8. The summed E-state index contributed by atoms with van der Waals surface area (Å²) in [4.78, 5) is 11.4. The summed E-state index contributed by atoms with van der Waals surface area (Å²) >= 11 is 3.49. The molecule has 0 aromatic rings. The molecule has 0 heterocycles. The number of hydrogen-bond donors (Lipinski definition) is 2. The van der Waals surface area contributed by atoms with E-state index in [2.05, 4.69) is 20.7 Å². The molecule has 6 nitrogen and oxygen atoms in total. The van der Waals surface area contributed by atoms with Gasteiger partial charge in [0.2, 0.25) is 0 Å². The highest BCUT2D eigenvalue weighted by Crippen LogP contribution is 2.24. The summed E-state index contributed by atoms with van der Waals surface area (Å²) in [6, 6.07) is -0.202. The Morgan fingerprint density at radius 2 is 1.89 bits per heavy atom. The van der Waals surface area contributed by atoms with Gasteiger partial charge in [-0.05, 0) is 26.7 Å². The minimum absolute atomic E-state index is 0.0905. The van der Waals surface area contributed by atoms with Gasteiger partial charge >= 0.3 is 16.3 Å². The summed E-state index contributed by atoms with van der Waals surface area (Å²) in [6.07, 6.45) is 3.52. The van der Waals surface area contributed by atoms with Gasteiger partial charge in [0.25, 0.3) is 0 Å². The summed E-state index contributed by atoms with van der Waals surface area (Å²) < 4.78 is 32.7. The average molecular weight is 357 g/mol. The number of amides is 1. The SMILES string of the molecule is CC(C)OC(=O)NS(=O)(=O)NC1CCCCCC1Br. The molecule has 8 heteroatoms. The molecule has 2 atom stereocenters. The fourth-order valence-electron chi connectivity index (χ4n) is 1.97. The first-order valence-corrected chi connectivity index (χ1v) is 8.85. The van der Waals surface area contributed by atoms with Crippen LogP contribution < -0.4 is 9.44 Å². The van der Waals surface area contributed by atoms with E-state index in [0.717, 1.165) is 32.1 Å². The largest absolute Gasteiger partial charge is 0.446 e. The molecule has 0 aliphatic heterocycles. The second kappa shape index (κ2) is 7.44. The van der Waals surface area contributed by atoms with Crippen LogP contribution in [0.1, 0.15) is 46.0 Å². The van der Waals surface area contributed by atoms with E-state index in [0.29, 0.717) is 0 Å². The van der Waals surface area contributed by atoms with Crippen molar-refractivity contribution in [3.63, 3.8) is 0 Å². The van der Waals surface area contributed by atoms with Crippen molar-refractivity contribution in [2.45, 2.75) is 62.9 Å². The van der Waals surface area contributed by atoms with E-state index in [1.165, 1.54) is 0 Å². The molecular formula is C11H21BrN2O4S. The molecule has 112 valence electrons. The molecule has 0 aromatic heterocycles. The minimum atomic E-state index is -3.88. The van der Waals surface area contributed by atoms with Gasteiger partial charge < -0.3 is 4.74 Å². The van der Waals surface area contributed by atoms with Crippen molar-refractivity contribution in [3.8, 4) is 0 Å². The maximum atomic E-state index is 11.8. The Morgan fingerprint density at radius 1 is 1.26 bits per heavy atom. The Morgan fingerprint density at radius 3 is 2.53 bits per heavy atom. The van der Waals surface area contributed by atoms with Gasteiger partial charge in [-0.25, -0.2) is 9.52 Å². The first-order valence-electron chi connectivity index (χ1n) is 6.45. The first kappa shape index (κ1) is 16.7. The van der Waals surface area contributed by atoms with Crippen LogP contribution in [0, 0.1) is 0 Å². The van der Waals surface area contributed by atoms with Crippen LogP contribution in [0.3, 0.4) is 0 Å². The Kier molecular flexibility index (Phi) is 6.55. The van der Waals surface area contributed by atoms with Crippen LogP contribution in [0.25, 0.3) is 0 Å². The van der Waals surface area contributed by atoms with Gasteiger partial charge in [0.05, 0.1) is 6.10 Å². The maximum Gasteiger partial charge on any atom is 0.422 e. The molecule has 0 aromatic carbocycles. The van der Waals surface area contributed by atoms with E-state index >= 15 is 0 Å². The van der Waals surface area contributed by atoms with Gasteiger partial charge in [-0.15, -0.1) is 0 Å². The van der Waals surface area contributed by atoms with Gasteiger partial charge in [-0.2, -0.15) is 13.1 Å². The molecule has 1 fully saturated rings. The lowest BCUT2D eigenvalue weighted by Gasteiger charge is -2.21. The number of nitrogens with one attached hydrogen (secondary N) is 2. The smallest absolute Gasteiger partial charge is 0.422 e. The zero-order valence-corrected chi connectivity index (χ0v) is 13.6. The Labute approximate surface area is 123 Å². The molecule has 0 spiro atoms. The average Bonchev–Trinajstić information content (AvgIpc) is 2.41. The summed E-state index contributed by atoms with van der Waals surface area (Å²) in [5, 5.41) is 0. The highest BCUT2D eigenvalue weighted by Gasteiger charge is 2.27. The lowest BCUT2D eigenvalue weighted by Crippen LogP contribution is -2.48. The number of carbonyl (C=O) groups excluding carboxylic acids is 1. The van der Waals surface area contributed by atoms with Crippen LogP contribution in [-0.4, -0.2) is 31.5 Å². The van der Waals surface area contributed by atoms with Crippen LogP contribution in [-0.2, 0) is 14.9 Å². The predicted molar refractivity (Wildman–Crippen MR) is 76.4 cm³/mol. The molecule has 1 rings (SSSR count). The third-order valence-electron chi connectivity index (χ3n) is 2.80. The predicted octanol–water partition coefficient (Wildman–Crippen LogP) is 2.05. The van der Waals surface area contributed by atoms with E-state index in [4.69, 9.17) is 4.74 Å². The van der Waals surface area contributed by atoms with Crippen LogP contribution in [0.4, 0.5) is 4.79 Å². The van der Waals surface area contributed by atoms with E-state index in [1.807, 2.05) is 4.72 Å². The molecule has 1 saturated carbocycles. The molecule has 0 bridgehead atoms. The van der Waals surface area contributed by atoms with Crippen molar-refractivity contribution in [2.75, 3.05) is 0 Å². The zero-order valence-electron chi connectivity index (χ0n) is 11.2. The van der Waals surface area contributed by atoms with E-state index in [1.54, 1.807) is 13.8 Å². The lowest BCUT2D eigenvalue weighted by atomic mass is 10.1. The third kappa shape index (κ3) is 6.58. The monoisotopic (exact) mass is 356 g/mol. The fraction of sp³-hybridized carbons (Fsp3) is 0.909. The van der Waals surface area contributed by atoms with Gasteiger partial charge in [-0.1, -0.05) is 35.2 Å². The number of hydrogen-bond acceptors (Lipinski definition) is 4. The Hall–Kier alpha value is -0.340. The summed E-state index contributed by atoms with van der Waals surface area (Å²) in [5.74, 6) is 0. The van der Waals surface area contributed by atoms with E-state index < -0.39 is 16.3 Å². The quantitative estimate of drug-likeness (QED) is 0.596. The van der Waals surface area contributed by atoms with Crippen molar-refractivity contribution in [3.05, 3.63) is 0 Å². The highest BCUT2D eigenvalue weighted by atomic mass is 79.9. The second-order valence-electron chi connectivity index (χ2n) is 4.94. The van der Waals surface area contributed by atoms with Crippen molar-refractivity contribution in [1.82, 2.24) is 9.44 Å². The fourth-order valence-corrected chi connectivity index (χ4v) is 3.87. The first-order chi connectivity index (χ1) is 8.80. The van der Waals surface area contributed by atoms with Crippen molar-refractivity contribution in [1.29, 1.82) is 0 Å². The highest BCUT2D eigenvalue weighted by molar-refractivity contribution is 9.09.